The molecule has 3 aromatic carbocycles. The lowest BCUT2D eigenvalue weighted by Gasteiger charge is -2.24. The van der Waals surface area contributed by atoms with Crippen molar-refractivity contribution in [3.63, 3.8) is 0 Å². The Kier molecular flexibility index (Phi) is 6.79. The van der Waals surface area contributed by atoms with E-state index in [4.69, 9.17) is 9.47 Å². The average Bonchev–Trinajstić information content (AvgIpc) is 2.89. The van der Waals surface area contributed by atoms with Gasteiger partial charge in [-0.25, -0.2) is 8.42 Å². The van der Waals surface area contributed by atoms with Crippen LogP contribution >= 0.6 is 0 Å². The third-order valence-electron chi connectivity index (χ3n) is 6.75. The first-order chi connectivity index (χ1) is 17.7. The summed E-state index contributed by atoms with van der Waals surface area (Å²) in [6, 6.07) is 18.4. The Labute approximate surface area is 216 Å². The maximum atomic E-state index is 13.9. The fourth-order valence-electron chi connectivity index (χ4n) is 4.66. The first-order valence-corrected chi connectivity index (χ1v) is 13.7. The van der Waals surface area contributed by atoms with Crippen LogP contribution in [0.3, 0.4) is 0 Å². The summed E-state index contributed by atoms with van der Waals surface area (Å²) < 4.78 is 40.4. The van der Waals surface area contributed by atoms with Gasteiger partial charge in [-0.15, -0.1) is 0 Å². The molecule has 0 saturated carbocycles. The molecule has 0 fully saturated rings. The van der Waals surface area contributed by atoms with Crippen LogP contribution in [0.2, 0.25) is 0 Å². The number of hydrogen-bond donors (Lipinski definition) is 1. The lowest BCUT2D eigenvalue weighted by Crippen LogP contribution is -2.34. The van der Waals surface area contributed by atoms with E-state index in [1.54, 1.807) is 6.07 Å². The highest BCUT2D eigenvalue weighted by Crippen LogP contribution is 2.33. The van der Waals surface area contributed by atoms with Crippen LogP contribution in [-0.2, 0) is 23.0 Å². The first kappa shape index (κ1) is 25.0. The van der Waals surface area contributed by atoms with E-state index in [9.17, 15) is 13.2 Å². The smallest absolute Gasteiger partial charge is 0.252 e. The number of H-pyrrole nitrogens is 1. The highest BCUT2D eigenvalue weighted by atomic mass is 32.2. The lowest BCUT2D eigenvalue weighted by atomic mass is 10.0. The number of aromatic nitrogens is 1. The van der Waals surface area contributed by atoms with Crippen molar-refractivity contribution in [1.29, 1.82) is 0 Å². The molecule has 7 nitrogen and oxygen atoms in total. The SMILES string of the molecule is Cc1cccc(CCN(Cc2cc3c(C)ccc(C)c3[nH]c2=O)S(=O)(=O)c2ccc3c(c2)OCCO3)c1. The fourth-order valence-corrected chi connectivity index (χ4v) is 6.10. The van der Waals surface area contributed by atoms with E-state index in [0.717, 1.165) is 33.2 Å². The molecule has 0 unspecified atom stereocenters. The number of benzene rings is 3. The minimum Gasteiger partial charge on any atom is -0.486 e. The van der Waals surface area contributed by atoms with E-state index in [0.29, 0.717) is 36.7 Å². The first-order valence-electron chi connectivity index (χ1n) is 12.3. The van der Waals surface area contributed by atoms with Gasteiger partial charge < -0.3 is 14.5 Å². The topological polar surface area (TPSA) is 88.7 Å². The quantitative estimate of drug-likeness (QED) is 0.385. The minimum atomic E-state index is -3.96. The molecule has 5 rings (SSSR count). The van der Waals surface area contributed by atoms with Crippen LogP contribution in [-0.4, -0.2) is 37.5 Å². The summed E-state index contributed by atoms with van der Waals surface area (Å²) in [4.78, 5) is 16.2. The van der Waals surface area contributed by atoms with Gasteiger partial charge in [-0.1, -0.05) is 42.0 Å². The van der Waals surface area contributed by atoms with Gasteiger partial charge in [-0.05, 0) is 62.1 Å². The summed E-state index contributed by atoms with van der Waals surface area (Å²) in [5.41, 5.74) is 4.99. The number of hydrogen-bond acceptors (Lipinski definition) is 5. The van der Waals surface area contributed by atoms with E-state index in [2.05, 4.69) is 4.98 Å². The van der Waals surface area contributed by atoms with Crippen LogP contribution in [0, 0.1) is 20.8 Å². The monoisotopic (exact) mass is 518 g/mol. The highest BCUT2D eigenvalue weighted by Gasteiger charge is 2.28. The van der Waals surface area contributed by atoms with Crippen molar-refractivity contribution in [2.24, 2.45) is 0 Å². The predicted molar refractivity (Wildman–Crippen MR) is 144 cm³/mol. The average molecular weight is 519 g/mol. The molecule has 1 aliphatic rings. The number of sulfonamides is 1. The minimum absolute atomic E-state index is 0.0543. The molecule has 4 aromatic rings. The van der Waals surface area contributed by atoms with Crippen molar-refractivity contribution in [2.45, 2.75) is 38.6 Å². The molecule has 0 aliphatic carbocycles. The Hall–Kier alpha value is -3.62. The number of nitrogens with one attached hydrogen (secondary N) is 1. The number of ether oxygens (including phenoxy) is 2. The molecule has 0 bridgehead atoms. The van der Waals surface area contributed by atoms with Crippen LogP contribution in [0.5, 0.6) is 11.5 Å². The largest absolute Gasteiger partial charge is 0.486 e. The number of fused-ring (bicyclic) bond motifs is 2. The molecule has 0 saturated heterocycles. The molecule has 1 aromatic heterocycles. The second-order valence-corrected chi connectivity index (χ2v) is 11.4. The highest BCUT2D eigenvalue weighted by molar-refractivity contribution is 7.89. The van der Waals surface area contributed by atoms with Crippen LogP contribution in [0.25, 0.3) is 10.9 Å². The third-order valence-corrected chi connectivity index (χ3v) is 8.59. The van der Waals surface area contributed by atoms with E-state index in [1.807, 2.05) is 63.2 Å². The number of aromatic amines is 1. The van der Waals surface area contributed by atoms with E-state index in [1.165, 1.54) is 16.4 Å². The van der Waals surface area contributed by atoms with Crippen LogP contribution in [0.1, 0.15) is 27.8 Å². The molecular weight excluding hydrogens is 488 g/mol. The Morgan fingerprint density at radius 2 is 1.65 bits per heavy atom. The molecule has 0 amide bonds. The standard InChI is InChI=1S/C29H30N2O5S/c1-19-5-4-6-22(15-19)11-12-31(37(33,34)24-9-10-26-27(17-24)36-14-13-35-26)18-23-16-25-20(2)7-8-21(3)28(25)30-29(23)32/h4-10,15-17H,11-14,18H2,1-3H3,(H,30,32). The van der Waals surface area contributed by atoms with Crippen molar-refractivity contribution in [3.8, 4) is 11.5 Å². The summed E-state index contributed by atoms with van der Waals surface area (Å²) in [7, 11) is -3.96. The van der Waals surface area contributed by atoms with Gasteiger partial charge in [0.05, 0.1) is 10.4 Å². The van der Waals surface area contributed by atoms with Gasteiger partial charge in [0.15, 0.2) is 11.5 Å². The van der Waals surface area contributed by atoms with Crippen LogP contribution in [0.4, 0.5) is 0 Å². The molecule has 192 valence electrons. The summed E-state index contributed by atoms with van der Waals surface area (Å²) >= 11 is 0. The van der Waals surface area contributed by atoms with Crippen LogP contribution < -0.4 is 15.0 Å². The number of nitrogens with zero attached hydrogens (tertiary/aromatic N) is 1. The predicted octanol–water partition coefficient (Wildman–Crippen LogP) is 4.66. The number of aryl methyl sites for hydroxylation is 3. The molecule has 2 heterocycles. The van der Waals surface area contributed by atoms with Crippen LogP contribution in [0.15, 0.2) is 70.4 Å². The fraction of sp³-hybridized carbons (Fsp3) is 0.276. The molecule has 0 spiro atoms. The molecule has 1 aliphatic heterocycles. The van der Waals surface area contributed by atoms with Gasteiger partial charge in [0.1, 0.15) is 13.2 Å². The second kappa shape index (κ2) is 10.0. The second-order valence-electron chi connectivity index (χ2n) is 9.49. The maximum Gasteiger partial charge on any atom is 0.252 e. The maximum absolute atomic E-state index is 13.9. The summed E-state index contributed by atoms with van der Waals surface area (Å²) in [5.74, 6) is 0.925. The Balaban J connectivity index is 1.54. The molecule has 37 heavy (non-hydrogen) atoms. The van der Waals surface area contributed by atoms with Gasteiger partial charge in [0.2, 0.25) is 10.0 Å². The van der Waals surface area contributed by atoms with Crippen molar-refractivity contribution in [1.82, 2.24) is 9.29 Å². The van der Waals surface area contributed by atoms with Crippen molar-refractivity contribution in [2.75, 3.05) is 19.8 Å². The lowest BCUT2D eigenvalue weighted by molar-refractivity contribution is 0.171. The molecule has 1 N–H and O–H groups in total. The van der Waals surface area contributed by atoms with Crippen molar-refractivity contribution >= 4 is 20.9 Å². The van der Waals surface area contributed by atoms with Gasteiger partial charge in [0, 0.05) is 30.1 Å². The Bertz CT molecular complexity index is 1640. The summed E-state index contributed by atoms with van der Waals surface area (Å²) in [5, 5.41) is 0.907. The molecule has 8 heteroatoms. The Morgan fingerprint density at radius 1 is 0.892 bits per heavy atom. The molecular formula is C29H30N2O5S. The number of pyridine rings is 1. The Morgan fingerprint density at radius 3 is 2.43 bits per heavy atom. The molecule has 0 radical (unpaired) electrons. The molecule has 0 atom stereocenters. The van der Waals surface area contributed by atoms with Gasteiger partial charge in [-0.2, -0.15) is 4.31 Å². The van der Waals surface area contributed by atoms with Gasteiger partial charge in [-0.3, -0.25) is 4.79 Å². The summed E-state index contributed by atoms with van der Waals surface area (Å²) in [6.07, 6.45) is 0.509. The number of rotatable bonds is 7. The van der Waals surface area contributed by atoms with Crippen molar-refractivity contribution < 1.29 is 17.9 Å². The normalized spacial score (nSPS) is 13.3. The van der Waals surface area contributed by atoms with Gasteiger partial charge >= 0.3 is 0 Å². The summed E-state index contributed by atoms with van der Waals surface area (Å²) in [6.45, 7) is 6.87. The third kappa shape index (κ3) is 5.12. The zero-order chi connectivity index (χ0) is 26.2. The van der Waals surface area contributed by atoms with E-state index in [-0.39, 0.29) is 23.5 Å². The van der Waals surface area contributed by atoms with E-state index < -0.39 is 10.0 Å². The van der Waals surface area contributed by atoms with E-state index >= 15 is 0 Å². The zero-order valence-corrected chi connectivity index (χ0v) is 22.0. The van der Waals surface area contributed by atoms with Crippen molar-refractivity contribution in [3.05, 3.63) is 98.8 Å². The zero-order valence-electron chi connectivity index (χ0n) is 21.2. The van der Waals surface area contributed by atoms with Gasteiger partial charge in [0.25, 0.3) is 5.56 Å².